The van der Waals surface area contributed by atoms with Crippen LogP contribution in [0.3, 0.4) is 0 Å². The van der Waals surface area contributed by atoms with Gasteiger partial charge in [-0.15, -0.1) is 22.7 Å². The molecule has 0 atom stereocenters. The first kappa shape index (κ1) is 21.8. The van der Waals surface area contributed by atoms with Crippen molar-refractivity contribution in [3.8, 4) is 26.2 Å². The van der Waals surface area contributed by atoms with E-state index in [1.807, 2.05) is 24.4 Å². The van der Waals surface area contributed by atoms with Gasteiger partial charge in [0.1, 0.15) is 10.7 Å². The number of aryl methyl sites for hydroxylation is 1. The van der Waals surface area contributed by atoms with Gasteiger partial charge in [0.2, 0.25) is 0 Å². The average Bonchev–Trinajstić information content (AvgIpc) is 3.44. The van der Waals surface area contributed by atoms with Crippen molar-refractivity contribution in [1.82, 2.24) is 20.1 Å². The van der Waals surface area contributed by atoms with Crippen LogP contribution in [0.25, 0.3) is 20.5 Å². The van der Waals surface area contributed by atoms with Crippen LogP contribution in [0, 0.1) is 12.7 Å². The van der Waals surface area contributed by atoms with E-state index in [1.165, 1.54) is 40.3 Å². The predicted octanol–water partition coefficient (Wildman–Crippen LogP) is 3.74. The first-order valence-electron chi connectivity index (χ1n) is 9.75. The van der Waals surface area contributed by atoms with Crippen molar-refractivity contribution in [2.24, 2.45) is 0 Å². The lowest BCUT2D eigenvalue weighted by Gasteiger charge is -2.09. The van der Waals surface area contributed by atoms with Crippen LogP contribution >= 0.6 is 22.7 Å². The minimum atomic E-state index is -0.534. The second kappa shape index (κ2) is 9.84. The Bertz CT molecular complexity index is 1280. The van der Waals surface area contributed by atoms with Gasteiger partial charge in [-0.3, -0.25) is 9.59 Å². The maximum Gasteiger partial charge on any atom is 0.266 e. The Morgan fingerprint density at radius 2 is 2.03 bits per heavy atom. The highest BCUT2D eigenvalue weighted by molar-refractivity contribution is 7.23. The molecule has 4 aromatic rings. The second-order valence-electron chi connectivity index (χ2n) is 6.76. The molecular weight excluding hydrogens is 451 g/mol. The van der Waals surface area contributed by atoms with E-state index in [2.05, 4.69) is 15.4 Å². The SMILES string of the molecule is Cc1nc(-c2cccs2)sc1-c1ccc(=O)n(CCNC(=O)COc2ccccc2F)n1. The molecule has 0 unspecified atom stereocenters. The number of amides is 1. The van der Waals surface area contributed by atoms with Gasteiger partial charge in [0, 0.05) is 12.6 Å². The highest BCUT2D eigenvalue weighted by Crippen LogP contribution is 2.35. The lowest BCUT2D eigenvalue weighted by atomic mass is 10.3. The van der Waals surface area contributed by atoms with Gasteiger partial charge in [-0.1, -0.05) is 18.2 Å². The van der Waals surface area contributed by atoms with Crippen LogP contribution in [0.2, 0.25) is 0 Å². The van der Waals surface area contributed by atoms with Crippen molar-refractivity contribution >= 4 is 28.6 Å². The minimum absolute atomic E-state index is 0.00934. The summed E-state index contributed by atoms with van der Waals surface area (Å²) in [5.74, 6) is -0.945. The molecule has 0 bridgehead atoms. The van der Waals surface area contributed by atoms with Crippen LogP contribution < -0.4 is 15.6 Å². The molecule has 3 heterocycles. The van der Waals surface area contributed by atoms with Gasteiger partial charge in [-0.05, 0) is 36.6 Å². The van der Waals surface area contributed by atoms with Gasteiger partial charge in [0.25, 0.3) is 11.5 Å². The number of benzene rings is 1. The highest BCUT2D eigenvalue weighted by Gasteiger charge is 2.14. The van der Waals surface area contributed by atoms with Crippen molar-refractivity contribution in [2.45, 2.75) is 13.5 Å². The van der Waals surface area contributed by atoms with Gasteiger partial charge in [-0.2, -0.15) is 5.10 Å². The summed E-state index contributed by atoms with van der Waals surface area (Å²) in [5, 5.41) is 10.0. The van der Waals surface area contributed by atoms with E-state index in [1.54, 1.807) is 23.5 Å². The van der Waals surface area contributed by atoms with E-state index >= 15 is 0 Å². The number of hydrogen-bond acceptors (Lipinski definition) is 7. The summed E-state index contributed by atoms with van der Waals surface area (Å²) in [7, 11) is 0. The standard InChI is InChI=1S/C22H19FN4O3S2/c1-14-21(32-22(25-14)18-7-4-12-31-18)16-8-9-20(29)27(26-16)11-10-24-19(28)13-30-17-6-3-2-5-15(17)23/h2-9,12H,10-11,13H2,1H3,(H,24,28). The first-order chi connectivity index (χ1) is 15.5. The zero-order valence-corrected chi connectivity index (χ0v) is 18.7. The second-order valence-corrected chi connectivity index (χ2v) is 8.71. The lowest BCUT2D eigenvalue weighted by molar-refractivity contribution is -0.123. The van der Waals surface area contributed by atoms with E-state index in [0.29, 0.717) is 5.69 Å². The number of ether oxygens (including phenoxy) is 1. The molecule has 0 spiro atoms. The van der Waals surface area contributed by atoms with E-state index in [9.17, 15) is 14.0 Å². The summed E-state index contributed by atoms with van der Waals surface area (Å²) in [5.41, 5.74) is 1.22. The van der Waals surface area contributed by atoms with Gasteiger partial charge < -0.3 is 10.1 Å². The number of nitrogens with zero attached hydrogens (tertiary/aromatic N) is 3. The number of rotatable bonds is 8. The molecule has 7 nitrogen and oxygen atoms in total. The molecule has 164 valence electrons. The highest BCUT2D eigenvalue weighted by atomic mass is 32.1. The third-order valence-electron chi connectivity index (χ3n) is 4.47. The van der Waals surface area contributed by atoms with Crippen LogP contribution in [-0.4, -0.2) is 33.8 Å². The molecule has 1 N–H and O–H groups in total. The fourth-order valence-electron chi connectivity index (χ4n) is 2.93. The van der Waals surface area contributed by atoms with E-state index in [0.717, 1.165) is 20.5 Å². The topological polar surface area (TPSA) is 86.1 Å². The predicted molar refractivity (Wildman–Crippen MR) is 123 cm³/mol. The monoisotopic (exact) mass is 470 g/mol. The van der Waals surface area contributed by atoms with Crippen LogP contribution in [0.4, 0.5) is 4.39 Å². The van der Waals surface area contributed by atoms with Crippen LogP contribution in [-0.2, 0) is 11.3 Å². The number of thiazole rings is 1. The summed E-state index contributed by atoms with van der Waals surface area (Å²) >= 11 is 3.14. The number of para-hydroxylation sites is 1. The largest absolute Gasteiger partial charge is 0.481 e. The van der Waals surface area contributed by atoms with Crippen molar-refractivity contribution in [3.05, 3.63) is 75.8 Å². The van der Waals surface area contributed by atoms with Crippen LogP contribution in [0.1, 0.15) is 5.69 Å². The fourth-order valence-corrected chi connectivity index (χ4v) is 4.76. The molecule has 0 radical (unpaired) electrons. The molecule has 1 aromatic carbocycles. The van der Waals surface area contributed by atoms with E-state index < -0.39 is 11.7 Å². The van der Waals surface area contributed by atoms with Gasteiger partial charge in [-0.25, -0.2) is 14.1 Å². The number of hydrogen-bond donors (Lipinski definition) is 1. The summed E-state index contributed by atoms with van der Waals surface area (Å²) in [6, 6.07) is 13.0. The van der Waals surface area contributed by atoms with Crippen molar-refractivity contribution < 1.29 is 13.9 Å². The smallest absolute Gasteiger partial charge is 0.266 e. The number of halogens is 1. The molecule has 4 rings (SSSR count). The third-order valence-corrected chi connectivity index (χ3v) is 6.69. The lowest BCUT2D eigenvalue weighted by Crippen LogP contribution is -2.34. The number of nitrogens with one attached hydrogen (secondary N) is 1. The summed E-state index contributed by atoms with van der Waals surface area (Å²) in [6.07, 6.45) is 0. The molecule has 0 aliphatic rings. The van der Waals surface area contributed by atoms with Crippen LogP contribution in [0.15, 0.2) is 58.7 Å². The number of aromatic nitrogens is 3. The molecule has 0 saturated heterocycles. The molecular formula is C22H19FN4O3S2. The van der Waals surface area contributed by atoms with Crippen LogP contribution in [0.5, 0.6) is 5.75 Å². The molecule has 10 heteroatoms. The Labute approximate surface area is 191 Å². The Morgan fingerprint density at radius 1 is 1.19 bits per heavy atom. The Balaban J connectivity index is 1.38. The summed E-state index contributed by atoms with van der Waals surface area (Å²) in [4.78, 5) is 30.8. The average molecular weight is 471 g/mol. The van der Waals surface area contributed by atoms with E-state index in [-0.39, 0.29) is 31.0 Å². The quantitative estimate of drug-likeness (QED) is 0.424. The van der Waals surface area contributed by atoms with Crippen molar-refractivity contribution in [2.75, 3.05) is 13.2 Å². The van der Waals surface area contributed by atoms with E-state index in [4.69, 9.17) is 4.74 Å². The molecule has 0 aliphatic heterocycles. The van der Waals surface area contributed by atoms with Crippen molar-refractivity contribution in [3.63, 3.8) is 0 Å². The minimum Gasteiger partial charge on any atom is -0.481 e. The fraction of sp³-hybridized carbons (Fsp3) is 0.182. The Kier molecular flexibility index (Phi) is 6.72. The number of carbonyl (C=O) groups excluding carboxylic acids is 1. The molecule has 0 fully saturated rings. The van der Waals surface area contributed by atoms with Crippen molar-refractivity contribution in [1.29, 1.82) is 0 Å². The molecule has 32 heavy (non-hydrogen) atoms. The third kappa shape index (κ3) is 5.09. The number of carbonyl (C=O) groups is 1. The summed E-state index contributed by atoms with van der Waals surface area (Å²) < 4.78 is 20.0. The summed E-state index contributed by atoms with van der Waals surface area (Å²) in [6.45, 7) is 1.95. The zero-order valence-electron chi connectivity index (χ0n) is 17.1. The normalized spacial score (nSPS) is 10.8. The van der Waals surface area contributed by atoms with Gasteiger partial charge >= 0.3 is 0 Å². The first-order valence-corrected chi connectivity index (χ1v) is 11.4. The maximum absolute atomic E-state index is 13.5. The molecule has 0 aliphatic carbocycles. The van der Waals surface area contributed by atoms with Gasteiger partial charge in [0.05, 0.1) is 22.0 Å². The molecule has 0 saturated carbocycles. The molecule has 3 aromatic heterocycles. The zero-order chi connectivity index (χ0) is 22.5. The van der Waals surface area contributed by atoms with Gasteiger partial charge in [0.15, 0.2) is 18.2 Å². The number of thiophene rings is 1. The Morgan fingerprint density at radius 3 is 2.81 bits per heavy atom. The maximum atomic E-state index is 13.5. The Hall–Kier alpha value is -3.37. The molecule has 1 amide bonds.